The van der Waals surface area contributed by atoms with Crippen LogP contribution in [0, 0.1) is 17.5 Å². The number of likely N-dealkylation sites (tertiary alicyclic amines) is 1. The first-order valence-electron chi connectivity index (χ1n) is 9.92. The van der Waals surface area contributed by atoms with Gasteiger partial charge in [-0.15, -0.1) is 0 Å². The van der Waals surface area contributed by atoms with Gasteiger partial charge in [-0.2, -0.15) is 0 Å². The molecule has 162 valence electrons. The van der Waals surface area contributed by atoms with Gasteiger partial charge in [-0.05, 0) is 43.5 Å². The summed E-state index contributed by atoms with van der Waals surface area (Å²) in [5.74, 6) is -1.50. The number of carbonyl (C=O) groups excluding carboxylic acids is 1. The van der Waals surface area contributed by atoms with Gasteiger partial charge in [0.2, 0.25) is 0 Å². The first-order chi connectivity index (χ1) is 14.4. The van der Waals surface area contributed by atoms with Crippen molar-refractivity contribution in [1.29, 1.82) is 0 Å². The van der Waals surface area contributed by atoms with Crippen molar-refractivity contribution in [2.45, 2.75) is 38.4 Å². The quantitative estimate of drug-likeness (QED) is 0.737. The van der Waals surface area contributed by atoms with Crippen molar-refractivity contribution in [1.82, 2.24) is 15.5 Å². The van der Waals surface area contributed by atoms with Gasteiger partial charge in [0, 0.05) is 37.3 Å². The second-order valence-corrected chi connectivity index (χ2v) is 7.52. The first-order valence-corrected chi connectivity index (χ1v) is 9.92. The van der Waals surface area contributed by atoms with E-state index in [1.807, 2.05) is 6.07 Å². The van der Waals surface area contributed by atoms with Crippen LogP contribution < -0.4 is 15.4 Å². The molecule has 2 amide bonds. The number of methoxy groups -OCH3 is 1. The minimum Gasteiger partial charge on any atom is -0.494 e. The van der Waals surface area contributed by atoms with E-state index in [-0.39, 0.29) is 29.2 Å². The minimum absolute atomic E-state index is 0.000816. The summed E-state index contributed by atoms with van der Waals surface area (Å²) < 4.78 is 45.7. The lowest BCUT2D eigenvalue weighted by Crippen LogP contribution is -2.48. The third kappa shape index (κ3) is 5.66. The monoisotopic (exact) mass is 421 g/mol. The first kappa shape index (κ1) is 22.0. The summed E-state index contributed by atoms with van der Waals surface area (Å²) in [6.07, 6.45) is 1.51. The fraction of sp³-hybridized carbons (Fsp3) is 0.409. The molecule has 0 spiro atoms. The summed E-state index contributed by atoms with van der Waals surface area (Å²) in [7, 11) is 1.43. The van der Waals surface area contributed by atoms with Crippen molar-refractivity contribution >= 4 is 6.03 Å². The van der Waals surface area contributed by atoms with Crippen LogP contribution in [0.25, 0.3) is 0 Å². The Kier molecular flexibility index (Phi) is 7.20. The fourth-order valence-electron chi connectivity index (χ4n) is 3.66. The molecule has 2 aromatic rings. The SMILES string of the molecule is COc1ccc(CN2CCC(NC(=O)NC(C)c3ccc(F)cc3F)CC2)cc1F. The molecule has 2 N–H and O–H groups in total. The van der Waals surface area contributed by atoms with Crippen molar-refractivity contribution < 1.29 is 22.7 Å². The Bertz CT molecular complexity index is 886. The van der Waals surface area contributed by atoms with E-state index in [1.165, 1.54) is 25.3 Å². The molecule has 0 bridgehead atoms. The number of urea groups is 1. The summed E-state index contributed by atoms with van der Waals surface area (Å²) in [6.45, 7) is 3.80. The van der Waals surface area contributed by atoms with E-state index >= 15 is 0 Å². The molecule has 0 aliphatic carbocycles. The predicted octanol–water partition coefficient (Wildman–Crippen LogP) is 4.14. The number of ether oxygens (including phenoxy) is 1. The topological polar surface area (TPSA) is 53.6 Å². The highest BCUT2D eigenvalue weighted by molar-refractivity contribution is 5.74. The van der Waals surface area contributed by atoms with Gasteiger partial charge in [0.05, 0.1) is 13.2 Å². The summed E-state index contributed by atoms with van der Waals surface area (Å²) >= 11 is 0. The van der Waals surface area contributed by atoms with Crippen molar-refractivity contribution in [2.24, 2.45) is 0 Å². The number of nitrogens with one attached hydrogen (secondary N) is 2. The molecule has 3 rings (SSSR count). The van der Waals surface area contributed by atoms with E-state index in [2.05, 4.69) is 15.5 Å². The van der Waals surface area contributed by atoms with Crippen LogP contribution in [-0.4, -0.2) is 37.2 Å². The second-order valence-electron chi connectivity index (χ2n) is 7.52. The van der Waals surface area contributed by atoms with Gasteiger partial charge < -0.3 is 15.4 Å². The van der Waals surface area contributed by atoms with Crippen LogP contribution in [-0.2, 0) is 6.54 Å². The molecule has 1 unspecified atom stereocenters. The molecule has 1 heterocycles. The van der Waals surface area contributed by atoms with Crippen LogP contribution in [0.4, 0.5) is 18.0 Å². The third-order valence-electron chi connectivity index (χ3n) is 5.32. The zero-order chi connectivity index (χ0) is 21.7. The molecule has 0 radical (unpaired) electrons. The van der Waals surface area contributed by atoms with E-state index in [4.69, 9.17) is 4.74 Å². The second kappa shape index (κ2) is 9.84. The summed E-state index contributed by atoms with van der Waals surface area (Å²) in [6, 6.07) is 7.26. The van der Waals surface area contributed by atoms with E-state index in [0.717, 1.165) is 37.6 Å². The number of hydrogen-bond donors (Lipinski definition) is 2. The molecule has 1 saturated heterocycles. The number of halogens is 3. The highest BCUT2D eigenvalue weighted by Crippen LogP contribution is 2.21. The number of hydrogen-bond acceptors (Lipinski definition) is 3. The van der Waals surface area contributed by atoms with Gasteiger partial charge in [0.1, 0.15) is 11.6 Å². The van der Waals surface area contributed by atoms with Crippen molar-refractivity contribution in [3.8, 4) is 5.75 Å². The van der Waals surface area contributed by atoms with Gasteiger partial charge in [-0.1, -0.05) is 12.1 Å². The number of rotatable bonds is 6. The van der Waals surface area contributed by atoms with Gasteiger partial charge in [0.25, 0.3) is 0 Å². The van der Waals surface area contributed by atoms with Crippen LogP contribution in [0.3, 0.4) is 0 Å². The Balaban J connectivity index is 1.45. The molecule has 1 aliphatic rings. The third-order valence-corrected chi connectivity index (χ3v) is 5.32. The number of piperidine rings is 1. The van der Waals surface area contributed by atoms with E-state index in [1.54, 1.807) is 13.0 Å². The highest BCUT2D eigenvalue weighted by atomic mass is 19.1. The number of amides is 2. The summed E-state index contributed by atoms with van der Waals surface area (Å²) in [5, 5.41) is 5.60. The van der Waals surface area contributed by atoms with Crippen molar-refractivity contribution in [3.05, 3.63) is 65.0 Å². The largest absolute Gasteiger partial charge is 0.494 e. The van der Waals surface area contributed by atoms with Gasteiger partial charge in [0.15, 0.2) is 11.6 Å². The Morgan fingerprint density at radius 2 is 1.87 bits per heavy atom. The molecular weight excluding hydrogens is 395 g/mol. The maximum absolute atomic E-state index is 13.9. The standard InChI is InChI=1S/C22H26F3N3O2/c1-14(18-5-4-16(23)12-19(18)24)26-22(29)27-17-7-9-28(10-8-17)13-15-3-6-21(30-2)20(25)11-15/h3-6,11-12,14,17H,7-10,13H2,1-2H3,(H2,26,27,29). The van der Waals surface area contributed by atoms with Crippen LogP contribution in [0.1, 0.15) is 36.9 Å². The minimum atomic E-state index is -0.689. The molecule has 1 aliphatic heterocycles. The molecule has 1 atom stereocenters. The van der Waals surface area contributed by atoms with E-state index < -0.39 is 17.7 Å². The average Bonchev–Trinajstić information content (AvgIpc) is 2.69. The zero-order valence-electron chi connectivity index (χ0n) is 17.1. The van der Waals surface area contributed by atoms with Crippen LogP contribution in [0.2, 0.25) is 0 Å². The number of carbonyl (C=O) groups is 1. The summed E-state index contributed by atoms with van der Waals surface area (Å²) in [4.78, 5) is 14.5. The van der Waals surface area contributed by atoms with E-state index in [9.17, 15) is 18.0 Å². The predicted molar refractivity (Wildman–Crippen MR) is 108 cm³/mol. The maximum Gasteiger partial charge on any atom is 0.315 e. The summed E-state index contributed by atoms with van der Waals surface area (Å²) in [5.41, 5.74) is 1.10. The Morgan fingerprint density at radius 3 is 2.50 bits per heavy atom. The highest BCUT2D eigenvalue weighted by Gasteiger charge is 2.22. The van der Waals surface area contributed by atoms with Crippen molar-refractivity contribution in [2.75, 3.05) is 20.2 Å². The number of benzene rings is 2. The van der Waals surface area contributed by atoms with Gasteiger partial charge >= 0.3 is 6.03 Å². The van der Waals surface area contributed by atoms with Gasteiger partial charge in [-0.25, -0.2) is 18.0 Å². The molecule has 5 nitrogen and oxygen atoms in total. The zero-order valence-corrected chi connectivity index (χ0v) is 17.1. The fourth-order valence-corrected chi connectivity index (χ4v) is 3.66. The Morgan fingerprint density at radius 1 is 1.13 bits per heavy atom. The molecule has 1 fully saturated rings. The van der Waals surface area contributed by atoms with Crippen LogP contribution >= 0.6 is 0 Å². The van der Waals surface area contributed by atoms with Crippen LogP contribution in [0.5, 0.6) is 5.75 Å². The lowest BCUT2D eigenvalue weighted by molar-refractivity contribution is 0.185. The number of nitrogens with zero attached hydrogens (tertiary/aromatic N) is 1. The molecule has 2 aromatic carbocycles. The van der Waals surface area contributed by atoms with E-state index in [0.29, 0.717) is 6.54 Å². The molecule has 8 heteroatoms. The molecule has 30 heavy (non-hydrogen) atoms. The normalized spacial score (nSPS) is 16.2. The van der Waals surface area contributed by atoms with Crippen LogP contribution in [0.15, 0.2) is 36.4 Å². The lowest BCUT2D eigenvalue weighted by atomic mass is 10.0. The smallest absolute Gasteiger partial charge is 0.315 e. The molecular formula is C22H26F3N3O2. The maximum atomic E-state index is 13.9. The Hall–Kier alpha value is -2.74. The van der Waals surface area contributed by atoms with Gasteiger partial charge in [-0.3, -0.25) is 4.90 Å². The average molecular weight is 421 g/mol. The lowest BCUT2D eigenvalue weighted by Gasteiger charge is -2.32. The van der Waals surface area contributed by atoms with Crippen molar-refractivity contribution in [3.63, 3.8) is 0 Å². The Labute approximate surface area is 174 Å². The molecule has 0 aromatic heterocycles. The molecule has 0 saturated carbocycles.